The number of benzene rings is 2. The first-order valence-corrected chi connectivity index (χ1v) is 6.36. The van der Waals surface area contributed by atoms with Crippen molar-refractivity contribution in [1.82, 2.24) is 0 Å². The summed E-state index contributed by atoms with van der Waals surface area (Å²) in [5.41, 5.74) is 8.47. The SMILES string of the molecule is Nc1cccc(Cl)c1NCc1cccc(Br)c1. The minimum Gasteiger partial charge on any atom is -0.397 e. The Hall–Kier alpha value is -1.19. The third-order valence-electron chi connectivity index (χ3n) is 2.40. The second kappa shape index (κ2) is 5.43. The number of nitrogens with two attached hydrogens (primary N) is 1. The van der Waals surface area contributed by atoms with Gasteiger partial charge in [-0.05, 0) is 29.8 Å². The smallest absolute Gasteiger partial charge is 0.0765 e. The van der Waals surface area contributed by atoms with E-state index in [0.29, 0.717) is 17.3 Å². The first-order valence-electron chi connectivity index (χ1n) is 5.19. The summed E-state index contributed by atoms with van der Waals surface area (Å²) in [7, 11) is 0. The average Bonchev–Trinajstić information content (AvgIpc) is 2.28. The number of para-hydroxylation sites is 1. The highest BCUT2D eigenvalue weighted by atomic mass is 79.9. The standard InChI is InChI=1S/C13H12BrClN2/c14-10-4-1-3-9(7-10)8-17-13-11(15)5-2-6-12(13)16/h1-7,17H,8,16H2. The Bertz CT molecular complexity index is 508. The van der Waals surface area contributed by atoms with Gasteiger partial charge < -0.3 is 11.1 Å². The Kier molecular flexibility index (Phi) is 3.92. The summed E-state index contributed by atoms with van der Waals surface area (Å²) in [4.78, 5) is 0. The second-order valence-corrected chi connectivity index (χ2v) is 5.01. The molecule has 2 aromatic rings. The molecule has 0 radical (unpaired) electrons. The number of nitrogens with one attached hydrogen (secondary N) is 1. The molecule has 0 aliphatic carbocycles. The predicted octanol–water partition coefficient (Wildman–Crippen LogP) is 4.30. The van der Waals surface area contributed by atoms with E-state index in [-0.39, 0.29) is 0 Å². The van der Waals surface area contributed by atoms with E-state index in [1.165, 1.54) is 5.56 Å². The van der Waals surface area contributed by atoms with Gasteiger partial charge in [0.15, 0.2) is 0 Å². The number of halogens is 2. The summed E-state index contributed by atoms with van der Waals surface area (Å²) in [5, 5.41) is 3.89. The van der Waals surface area contributed by atoms with Crippen molar-refractivity contribution in [1.29, 1.82) is 0 Å². The van der Waals surface area contributed by atoms with Crippen LogP contribution < -0.4 is 11.1 Å². The summed E-state index contributed by atoms with van der Waals surface area (Å²) < 4.78 is 1.06. The van der Waals surface area contributed by atoms with Crippen molar-refractivity contribution in [2.45, 2.75) is 6.54 Å². The van der Waals surface area contributed by atoms with Gasteiger partial charge in [-0.1, -0.05) is 45.7 Å². The molecule has 3 N–H and O–H groups in total. The number of rotatable bonds is 3. The minimum absolute atomic E-state index is 0.639. The molecule has 88 valence electrons. The molecule has 0 amide bonds. The third kappa shape index (κ3) is 3.14. The van der Waals surface area contributed by atoms with Gasteiger partial charge in [0.05, 0.1) is 16.4 Å². The minimum atomic E-state index is 0.639. The number of anilines is 2. The maximum Gasteiger partial charge on any atom is 0.0765 e. The van der Waals surface area contributed by atoms with Crippen molar-refractivity contribution in [3.8, 4) is 0 Å². The molecule has 2 rings (SSSR count). The third-order valence-corrected chi connectivity index (χ3v) is 3.21. The Balaban J connectivity index is 2.13. The fraction of sp³-hybridized carbons (Fsp3) is 0.0769. The van der Waals surface area contributed by atoms with Gasteiger partial charge in [-0.2, -0.15) is 0 Å². The molecule has 0 saturated carbocycles. The molecule has 0 aliphatic heterocycles. The van der Waals surface area contributed by atoms with Crippen LogP contribution in [0.2, 0.25) is 5.02 Å². The van der Waals surface area contributed by atoms with Gasteiger partial charge in [0, 0.05) is 11.0 Å². The van der Waals surface area contributed by atoms with Gasteiger partial charge in [0.2, 0.25) is 0 Å². The van der Waals surface area contributed by atoms with E-state index in [1.807, 2.05) is 36.4 Å². The molecular formula is C13H12BrClN2. The molecule has 0 fully saturated rings. The van der Waals surface area contributed by atoms with E-state index in [2.05, 4.69) is 27.3 Å². The van der Waals surface area contributed by atoms with Crippen LogP contribution in [0.15, 0.2) is 46.9 Å². The molecule has 2 nitrogen and oxygen atoms in total. The van der Waals surface area contributed by atoms with Crippen LogP contribution >= 0.6 is 27.5 Å². The quantitative estimate of drug-likeness (QED) is 0.830. The Labute approximate surface area is 114 Å². The highest BCUT2D eigenvalue weighted by molar-refractivity contribution is 9.10. The molecule has 0 aliphatic rings. The van der Waals surface area contributed by atoms with Gasteiger partial charge in [-0.25, -0.2) is 0 Å². The molecule has 0 spiro atoms. The molecule has 0 heterocycles. The zero-order chi connectivity index (χ0) is 12.3. The molecule has 0 unspecified atom stereocenters. The lowest BCUT2D eigenvalue weighted by Gasteiger charge is -2.11. The predicted molar refractivity (Wildman–Crippen MR) is 77.3 cm³/mol. The Morgan fingerprint density at radius 3 is 2.65 bits per heavy atom. The van der Waals surface area contributed by atoms with Crippen LogP contribution in [0.25, 0.3) is 0 Å². The number of hydrogen-bond donors (Lipinski definition) is 2. The van der Waals surface area contributed by atoms with Crippen LogP contribution in [0.5, 0.6) is 0 Å². The summed E-state index contributed by atoms with van der Waals surface area (Å²) >= 11 is 9.51. The Morgan fingerprint density at radius 2 is 1.94 bits per heavy atom. The highest BCUT2D eigenvalue weighted by Crippen LogP contribution is 2.28. The zero-order valence-corrected chi connectivity index (χ0v) is 11.4. The summed E-state index contributed by atoms with van der Waals surface area (Å²) in [6, 6.07) is 13.6. The van der Waals surface area contributed by atoms with Gasteiger partial charge in [0.25, 0.3) is 0 Å². The normalized spacial score (nSPS) is 10.2. The number of hydrogen-bond acceptors (Lipinski definition) is 2. The topological polar surface area (TPSA) is 38.0 Å². The molecule has 4 heteroatoms. The van der Waals surface area contributed by atoms with Crippen molar-refractivity contribution in [2.75, 3.05) is 11.1 Å². The van der Waals surface area contributed by atoms with E-state index in [1.54, 1.807) is 0 Å². The van der Waals surface area contributed by atoms with Crippen LogP contribution in [0, 0.1) is 0 Å². The van der Waals surface area contributed by atoms with E-state index in [4.69, 9.17) is 17.3 Å². The van der Waals surface area contributed by atoms with E-state index in [0.717, 1.165) is 10.2 Å². The summed E-state index contributed by atoms with van der Waals surface area (Å²) in [5.74, 6) is 0. The lowest BCUT2D eigenvalue weighted by atomic mass is 10.2. The van der Waals surface area contributed by atoms with Crippen molar-refractivity contribution in [3.63, 3.8) is 0 Å². The van der Waals surface area contributed by atoms with E-state index >= 15 is 0 Å². The highest BCUT2D eigenvalue weighted by Gasteiger charge is 2.03. The Morgan fingerprint density at radius 1 is 1.18 bits per heavy atom. The van der Waals surface area contributed by atoms with Crippen LogP contribution in [-0.2, 0) is 6.54 Å². The van der Waals surface area contributed by atoms with Crippen LogP contribution in [0.3, 0.4) is 0 Å². The van der Waals surface area contributed by atoms with E-state index < -0.39 is 0 Å². The van der Waals surface area contributed by atoms with Crippen molar-refractivity contribution in [2.24, 2.45) is 0 Å². The van der Waals surface area contributed by atoms with Gasteiger partial charge >= 0.3 is 0 Å². The largest absolute Gasteiger partial charge is 0.397 e. The van der Waals surface area contributed by atoms with Gasteiger partial charge in [0.1, 0.15) is 0 Å². The molecule has 0 aromatic heterocycles. The van der Waals surface area contributed by atoms with Crippen LogP contribution in [0.1, 0.15) is 5.56 Å². The molecule has 0 saturated heterocycles. The molecule has 0 bridgehead atoms. The number of nitrogen functional groups attached to an aromatic ring is 1. The van der Waals surface area contributed by atoms with Crippen molar-refractivity contribution in [3.05, 3.63) is 57.5 Å². The van der Waals surface area contributed by atoms with Crippen LogP contribution in [0.4, 0.5) is 11.4 Å². The second-order valence-electron chi connectivity index (χ2n) is 3.69. The molecule has 0 atom stereocenters. The first kappa shape index (κ1) is 12.3. The van der Waals surface area contributed by atoms with Gasteiger partial charge in [-0.3, -0.25) is 0 Å². The van der Waals surface area contributed by atoms with Gasteiger partial charge in [-0.15, -0.1) is 0 Å². The lowest BCUT2D eigenvalue weighted by molar-refractivity contribution is 1.15. The fourth-order valence-corrected chi connectivity index (χ4v) is 2.26. The summed E-state index contributed by atoms with van der Waals surface area (Å²) in [6.07, 6.45) is 0. The lowest BCUT2D eigenvalue weighted by Crippen LogP contribution is -2.02. The summed E-state index contributed by atoms with van der Waals surface area (Å²) in [6.45, 7) is 0.688. The maximum atomic E-state index is 6.08. The van der Waals surface area contributed by atoms with Crippen molar-refractivity contribution < 1.29 is 0 Å². The van der Waals surface area contributed by atoms with Crippen molar-refractivity contribution >= 4 is 38.9 Å². The molecule has 2 aromatic carbocycles. The molecule has 17 heavy (non-hydrogen) atoms. The first-order chi connectivity index (χ1) is 8.16. The average molecular weight is 312 g/mol. The van der Waals surface area contributed by atoms with Crippen LogP contribution in [-0.4, -0.2) is 0 Å². The maximum absolute atomic E-state index is 6.08. The monoisotopic (exact) mass is 310 g/mol. The zero-order valence-electron chi connectivity index (χ0n) is 9.08. The molecular weight excluding hydrogens is 300 g/mol. The van der Waals surface area contributed by atoms with E-state index in [9.17, 15) is 0 Å². The fourth-order valence-electron chi connectivity index (χ4n) is 1.56.